The number of hydrogen-bond acceptors (Lipinski definition) is 9. The second kappa shape index (κ2) is 10.4. The van der Waals surface area contributed by atoms with Crippen LogP contribution in [0.3, 0.4) is 0 Å². The van der Waals surface area contributed by atoms with Crippen molar-refractivity contribution in [1.82, 2.24) is 9.97 Å². The number of hydrogen-bond donors (Lipinski definition) is 3. The fraction of sp³-hybridized carbons (Fsp3) is 0.185. The Morgan fingerprint density at radius 3 is 2.68 bits per heavy atom. The predicted octanol–water partition coefficient (Wildman–Crippen LogP) is 4.26. The van der Waals surface area contributed by atoms with Crippen molar-refractivity contribution in [3.63, 3.8) is 0 Å². The van der Waals surface area contributed by atoms with Gasteiger partial charge in [-0.2, -0.15) is 5.26 Å². The average molecular weight is 497 g/mol. The number of amides is 1. The SMILES string of the molecule is COc1ccc(NC(=O)c2ccc(Nc3c(C#N)cnc4cc(OC5CCOC5)c(N)cc34)nc2)cc1. The van der Waals surface area contributed by atoms with E-state index in [1.54, 1.807) is 55.6 Å². The summed E-state index contributed by atoms with van der Waals surface area (Å²) >= 11 is 0. The first-order valence-corrected chi connectivity index (χ1v) is 11.6. The summed E-state index contributed by atoms with van der Waals surface area (Å²) in [7, 11) is 1.58. The molecule has 1 fully saturated rings. The predicted molar refractivity (Wildman–Crippen MR) is 139 cm³/mol. The number of nitrogens with two attached hydrogens (primary N) is 1. The highest BCUT2D eigenvalue weighted by atomic mass is 16.5. The minimum atomic E-state index is -0.302. The normalized spacial score (nSPS) is 14.6. The lowest BCUT2D eigenvalue weighted by molar-refractivity contribution is 0.102. The van der Waals surface area contributed by atoms with Crippen molar-refractivity contribution in [1.29, 1.82) is 5.26 Å². The number of carbonyl (C=O) groups excluding carboxylic acids is 1. The van der Waals surface area contributed by atoms with Gasteiger partial charge in [0.2, 0.25) is 0 Å². The molecule has 4 N–H and O–H groups in total. The third kappa shape index (κ3) is 5.22. The Labute approximate surface area is 213 Å². The number of methoxy groups -OCH3 is 1. The Kier molecular flexibility index (Phi) is 6.70. The zero-order chi connectivity index (χ0) is 25.8. The Balaban J connectivity index is 1.36. The van der Waals surface area contributed by atoms with E-state index in [2.05, 4.69) is 26.7 Å². The maximum Gasteiger partial charge on any atom is 0.257 e. The first-order valence-electron chi connectivity index (χ1n) is 11.6. The van der Waals surface area contributed by atoms with Crippen LogP contribution in [-0.2, 0) is 4.74 Å². The molecular formula is C27H24N6O4. The van der Waals surface area contributed by atoms with Gasteiger partial charge in [-0.05, 0) is 42.5 Å². The van der Waals surface area contributed by atoms with Crippen molar-refractivity contribution in [3.05, 3.63) is 72.1 Å². The quantitative estimate of drug-likeness (QED) is 0.320. The van der Waals surface area contributed by atoms with E-state index in [-0.39, 0.29) is 12.0 Å². The van der Waals surface area contributed by atoms with Gasteiger partial charge in [0.15, 0.2) is 0 Å². The first-order chi connectivity index (χ1) is 18.0. The summed E-state index contributed by atoms with van der Waals surface area (Å²) in [4.78, 5) is 21.4. The molecule has 2 aromatic heterocycles. The molecule has 2 aromatic carbocycles. The van der Waals surface area contributed by atoms with Crippen LogP contribution in [0.2, 0.25) is 0 Å². The number of anilines is 4. The topological polar surface area (TPSA) is 144 Å². The monoisotopic (exact) mass is 496 g/mol. The van der Waals surface area contributed by atoms with E-state index in [1.165, 1.54) is 12.4 Å². The van der Waals surface area contributed by atoms with Crippen LogP contribution in [0.4, 0.5) is 22.9 Å². The lowest BCUT2D eigenvalue weighted by Crippen LogP contribution is -2.16. The summed E-state index contributed by atoms with van der Waals surface area (Å²) < 4.78 is 16.5. The minimum absolute atomic E-state index is 0.0552. The Morgan fingerprint density at radius 2 is 2.00 bits per heavy atom. The van der Waals surface area contributed by atoms with Crippen LogP contribution in [0.15, 0.2) is 60.9 Å². The Bertz CT molecular complexity index is 1480. The zero-order valence-corrected chi connectivity index (χ0v) is 20.0. The number of rotatable bonds is 7. The third-order valence-electron chi connectivity index (χ3n) is 5.93. The standard InChI is InChI=1S/C27H24N6O4/c1-35-19-5-3-18(4-6-19)32-27(34)16-2-7-25(31-13-16)33-26-17(12-28)14-30-23-11-24(22(29)10-21(23)26)37-20-8-9-36-15-20/h2-7,10-11,13-14,20H,8-9,15,29H2,1H3,(H,32,34)(H,30,31,33). The fourth-order valence-electron chi connectivity index (χ4n) is 3.95. The van der Waals surface area contributed by atoms with Crippen molar-refractivity contribution in [2.24, 2.45) is 0 Å². The average Bonchev–Trinajstić information content (AvgIpc) is 3.43. The molecule has 3 heterocycles. The third-order valence-corrected chi connectivity index (χ3v) is 5.93. The molecule has 0 bridgehead atoms. The molecule has 0 aliphatic carbocycles. The molecule has 4 aromatic rings. The molecule has 10 nitrogen and oxygen atoms in total. The molecule has 5 rings (SSSR count). The molecule has 1 aliphatic rings. The molecule has 186 valence electrons. The van der Waals surface area contributed by atoms with Gasteiger partial charge in [0.05, 0.1) is 48.3 Å². The molecule has 0 spiro atoms. The lowest BCUT2D eigenvalue weighted by atomic mass is 10.1. The molecule has 1 unspecified atom stereocenters. The van der Waals surface area contributed by atoms with Crippen LogP contribution < -0.4 is 25.8 Å². The summed E-state index contributed by atoms with van der Waals surface area (Å²) in [6.45, 7) is 1.18. The molecule has 10 heteroatoms. The van der Waals surface area contributed by atoms with Crippen molar-refractivity contribution in [2.45, 2.75) is 12.5 Å². The van der Waals surface area contributed by atoms with Gasteiger partial charge in [-0.1, -0.05) is 0 Å². The van der Waals surface area contributed by atoms with E-state index in [0.29, 0.717) is 69.6 Å². The van der Waals surface area contributed by atoms with Crippen LogP contribution >= 0.6 is 0 Å². The van der Waals surface area contributed by atoms with Gasteiger partial charge in [-0.15, -0.1) is 0 Å². The fourth-order valence-corrected chi connectivity index (χ4v) is 3.95. The molecule has 1 saturated heterocycles. The number of nitrogens with zero attached hydrogens (tertiary/aromatic N) is 3. The van der Waals surface area contributed by atoms with Gasteiger partial charge in [-0.25, -0.2) is 4.98 Å². The van der Waals surface area contributed by atoms with Gasteiger partial charge in [0, 0.05) is 36.0 Å². The van der Waals surface area contributed by atoms with Gasteiger partial charge in [0.1, 0.15) is 29.5 Å². The van der Waals surface area contributed by atoms with E-state index in [1.807, 2.05) is 0 Å². The smallest absolute Gasteiger partial charge is 0.257 e. The highest BCUT2D eigenvalue weighted by molar-refractivity contribution is 6.04. The van der Waals surface area contributed by atoms with Crippen molar-refractivity contribution < 1.29 is 19.0 Å². The van der Waals surface area contributed by atoms with Crippen LogP contribution in [0, 0.1) is 11.3 Å². The highest BCUT2D eigenvalue weighted by Crippen LogP contribution is 2.35. The van der Waals surface area contributed by atoms with Crippen LogP contribution in [0.1, 0.15) is 22.3 Å². The number of benzene rings is 2. The van der Waals surface area contributed by atoms with Gasteiger partial charge < -0.3 is 30.6 Å². The second-order valence-electron chi connectivity index (χ2n) is 8.41. The number of nitriles is 1. The molecule has 1 atom stereocenters. The minimum Gasteiger partial charge on any atom is -0.497 e. The number of ether oxygens (including phenoxy) is 3. The van der Waals surface area contributed by atoms with E-state index in [4.69, 9.17) is 19.9 Å². The van der Waals surface area contributed by atoms with Crippen molar-refractivity contribution in [3.8, 4) is 17.6 Å². The second-order valence-corrected chi connectivity index (χ2v) is 8.41. The summed E-state index contributed by atoms with van der Waals surface area (Å²) in [6.07, 6.45) is 3.69. The molecule has 37 heavy (non-hydrogen) atoms. The molecule has 0 saturated carbocycles. The van der Waals surface area contributed by atoms with E-state index in [9.17, 15) is 10.1 Å². The van der Waals surface area contributed by atoms with Crippen molar-refractivity contribution in [2.75, 3.05) is 36.7 Å². The van der Waals surface area contributed by atoms with Gasteiger partial charge in [-0.3, -0.25) is 9.78 Å². The van der Waals surface area contributed by atoms with Gasteiger partial charge in [0.25, 0.3) is 5.91 Å². The van der Waals surface area contributed by atoms with Crippen LogP contribution in [0.5, 0.6) is 11.5 Å². The Morgan fingerprint density at radius 1 is 1.16 bits per heavy atom. The van der Waals surface area contributed by atoms with Crippen molar-refractivity contribution >= 4 is 39.7 Å². The maximum absolute atomic E-state index is 12.6. The van der Waals surface area contributed by atoms with Crippen LogP contribution in [-0.4, -0.2) is 42.3 Å². The highest BCUT2D eigenvalue weighted by Gasteiger charge is 2.20. The maximum atomic E-state index is 12.6. The summed E-state index contributed by atoms with van der Waals surface area (Å²) in [5.74, 6) is 1.37. The van der Waals surface area contributed by atoms with E-state index in [0.717, 1.165) is 6.42 Å². The molecule has 1 amide bonds. The number of carbonyl (C=O) groups is 1. The number of aromatic nitrogens is 2. The number of nitrogen functional groups attached to an aromatic ring is 1. The number of fused-ring (bicyclic) bond motifs is 1. The first kappa shape index (κ1) is 23.8. The van der Waals surface area contributed by atoms with E-state index < -0.39 is 0 Å². The number of nitrogens with one attached hydrogen (secondary N) is 2. The summed E-state index contributed by atoms with van der Waals surface area (Å²) in [6, 6.07) is 16.0. The lowest BCUT2D eigenvalue weighted by Gasteiger charge is -2.16. The summed E-state index contributed by atoms with van der Waals surface area (Å²) in [5, 5.41) is 16.3. The number of pyridine rings is 2. The molecule has 0 radical (unpaired) electrons. The molecular weight excluding hydrogens is 472 g/mol. The Hall–Kier alpha value is -4.88. The summed E-state index contributed by atoms with van der Waals surface area (Å²) in [5.41, 5.74) is 9.17. The van der Waals surface area contributed by atoms with Crippen LogP contribution in [0.25, 0.3) is 10.9 Å². The van der Waals surface area contributed by atoms with E-state index >= 15 is 0 Å². The zero-order valence-electron chi connectivity index (χ0n) is 20.0. The largest absolute Gasteiger partial charge is 0.497 e. The molecule has 1 aliphatic heterocycles. The van der Waals surface area contributed by atoms with Gasteiger partial charge >= 0.3 is 0 Å².